The molecule has 0 atom stereocenters. The number of ether oxygens (including phenoxy) is 1. The minimum atomic E-state index is -0.120. The van der Waals surface area contributed by atoms with Gasteiger partial charge >= 0.3 is 5.97 Å². The number of esters is 1. The zero-order chi connectivity index (χ0) is 9.94. The molecule has 4 nitrogen and oxygen atoms in total. The number of rotatable bonds is 8. The van der Waals surface area contributed by atoms with Gasteiger partial charge < -0.3 is 16.2 Å². The van der Waals surface area contributed by atoms with Crippen LogP contribution in [0.3, 0.4) is 0 Å². The van der Waals surface area contributed by atoms with Crippen molar-refractivity contribution in [1.29, 1.82) is 0 Å². The van der Waals surface area contributed by atoms with E-state index in [2.05, 4.69) is 0 Å². The summed E-state index contributed by atoms with van der Waals surface area (Å²) in [5, 5.41) is 0. The second-order valence-electron chi connectivity index (χ2n) is 2.96. The van der Waals surface area contributed by atoms with E-state index >= 15 is 0 Å². The van der Waals surface area contributed by atoms with Gasteiger partial charge in [-0.1, -0.05) is 6.42 Å². The van der Waals surface area contributed by atoms with Crippen LogP contribution in [-0.2, 0) is 9.53 Å². The fourth-order valence-corrected chi connectivity index (χ4v) is 0.932. The summed E-state index contributed by atoms with van der Waals surface area (Å²) in [6.45, 7) is 1.72. The first-order valence-corrected chi connectivity index (χ1v) is 4.87. The summed E-state index contributed by atoms with van der Waals surface area (Å²) in [5.74, 6) is -0.120. The van der Waals surface area contributed by atoms with Gasteiger partial charge in [0.1, 0.15) is 0 Å². The molecule has 0 amide bonds. The van der Waals surface area contributed by atoms with Crippen LogP contribution in [0.2, 0.25) is 0 Å². The molecule has 0 heterocycles. The van der Waals surface area contributed by atoms with E-state index in [0.717, 1.165) is 25.7 Å². The van der Waals surface area contributed by atoms with Crippen LogP contribution in [0.5, 0.6) is 0 Å². The van der Waals surface area contributed by atoms with Gasteiger partial charge in [0.25, 0.3) is 0 Å². The summed E-state index contributed by atoms with van der Waals surface area (Å²) in [6, 6.07) is 0. The van der Waals surface area contributed by atoms with E-state index in [1.807, 2.05) is 0 Å². The third-order valence-electron chi connectivity index (χ3n) is 1.70. The van der Waals surface area contributed by atoms with Crippen molar-refractivity contribution in [3.05, 3.63) is 0 Å². The molecule has 0 saturated heterocycles. The van der Waals surface area contributed by atoms with Crippen molar-refractivity contribution in [2.45, 2.75) is 32.1 Å². The molecular formula is C9H20N2O2. The van der Waals surface area contributed by atoms with Crippen molar-refractivity contribution >= 4 is 5.97 Å². The largest absolute Gasteiger partial charge is 0.466 e. The van der Waals surface area contributed by atoms with Gasteiger partial charge in [-0.05, 0) is 32.4 Å². The van der Waals surface area contributed by atoms with Crippen molar-refractivity contribution in [2.24, 2.45) is 11.5 Å². The highest BCUT2D eigenvalue weighted by Gasteiger charge is 2.00. The molecule has 13 heavy (non-hydrogen) atoms. The molecule has 0 aliphatic rings. The molecule has 0 aromatic heterocycles. The predicted octanol–water partition coefficient (Wildman–Crippen LogP) is 0.398. The lowest BCUT2D eigenvalue weighted by molar-refractivity contribution is -0.143. The Morgan fingerprint density at radius 1 is 1.00 bits per heavy atom. The van der Waals surface area contributed by atoms with Crippen molar-refractivity contribution in [2.75, 3.05) is 19.7 Å². The average Bonchev–Trinajstić information content (AvgIpc) is 2.13. The highest BCUT2D eigenvalue weighted by Crippen LogP contribution is 2.00. The summed E-state index contributed by atoms with van der Waals surface area (Å²) in [6.07, 6.45) is 4.11. The topological polar surface area (TPSA) is 78.3 Å². The van der Waals surface area contributed by atoms with Crippen molar-refractivity contribution in [3.63, 3.8) is 0 Å². The van der Waals surface area contributed by atoms with Gasteiger partial charge in [-0.3, -0.25) is 4.79 Å². The minimum Gasteiger partial charge on any atom is -0.466 e. The molecule has 0 saturated carbocycles. The van der Waals surface area contributed by atoms with Crippen LogP contribution in [0.4, 0.5) is 0 Å². The number of hydrogen-bond acceptors (Lipinski definition) is 4. The van der Waals surface area contributed by atoms with E-state index in [1.165, 1.54) is 0 Å². The minimum absolute atomic E-state index is 0.120. The van der Waals surface area contributed by atoms with Gasteiger partial charge in [-0.15, -0.1) is 0 Å². The molecule has 0 spiro atoms. The van der Waals surface area contributed by atoms with Crippen LogP contribution in [0.15, 0.2) is 0 Å². The van der Waals surface area contributed by atoms with Gasteiger partial charge in [-0.25, -0.2) is 0 Å². The monoisotopic (exact) mass is 188 g/mol. The number of unbranched alkanes of at least 4 members (excludes halogenated alkanes) is 2. The maximum atomic E-state index is 11.0. The van der Waals surface area contributed by atoms with Gasteiger partial charge in [0.15, 0.2) is 0 Å². The lowest BCUT2D eigenvalue weighted by Gasteiger charge is -2.02. The summed E-state index contributed by atoms with van der Waals surface area (Å²) in [4.78, 5) is 11.0. The Kier molecular flexibility index (Phi) is 9.03. The number of nitrogens with two attached hydrogens (primary N) is 2. The zero-order valence-corrected chi connectivity index (χ0v) is 8.13. The Morgan fingerprint density at radius 3 is 2.31 bits per heavy atom. The van der Waals surface area contributed by atoms with Gasteiger partial charge in [-0.2, -0.15) is 0 Å². The van der Waals surface area contributed by atoms with E-state index < -0.39 is 0 Å². The molecule has 0 radical (unpaired) electrons. The lowest BCUT2D eigenvalue weighted by Crippen LogP contribution is -2.09. The van der Waals surface area contributed by atoms with E-state index in [4.69, 9.17) is 16.2 Å². The summed E-state index contributed by atoms with van der Waals surface area (Å²) >= 11 is 0. The number of carbonyl (C=O) groups is 1. The second-order valence-corrected chi connectivity index (χ2v) is 2.96. The molecule has 0 unspecified atom stereocenters. The Morgan fingerprint density at radius 2 is 1.69 bits per heavy atom. The Bertz CT molecular complexity index is 129. The first-order chi connectivity index (χ1) is 6.31. The molecule has 78 valence electrons. The van der Waals surface area contributed by atoms with Gasteiger partial charge in [0, 0.05) is 6.42 Å². The van der Waals surface area contributed by atoms with Crippen LogP contribution in [0, 0.1) is 0 Å². The molecule has 0 aromatic rings. The molecule has 4 heteroatoms. The van der Waals surface area contributed by atoms with Crippen molar-refractivity contribution < 1.29 is 9.53 Å². The van der Waals surface area contributed by atoms with E-state index in [-0.39, 0.29) is 5.97 Å². The number of hydrogen-bond donors (Lipinski definition) is 2. The first kappa shape index (κ1) is 12.4. The van der Waals surface area contributed by atoms with Crippen LogP contribution in [-0.4, -0.2) is 25.7 Å². The van der Waals surface area contributed by atoms with Crippen molar-refractivity contribution in [1.82, 2.24) is 0 Å². The van der Waals surface area contributed by atoms with Crippen LogP contribution in [0.1, 0.15) is 32.1 Å². The molecule has 0 bridgehead atoms. The fraction of sp³-hybridized carbons (Fsp3) is 0.889. The maximum Gasteiger partial charge on any atom is 0.305 e. The third-order valence-corrected chi connectivity index (χ3v) is 1.70. The standard InChI is InChI=1S/C9H20N2O2/c10-6-3-1-2-5-9(12)13-8-4-7-11/h1-8,10-11H2. The van der Waals surface area contributed by atoms with Gasteiger partial charge in [0.05, 0.1) is 6.61 Å². The van der Waals surface area contributed by atoms with Gasteiger partial charge in [0.2, 0.25) is 0 Å². The number of carbonyl (C=O) groups excluding carboxylic acids is 1. The van der Waals surface area contributed by atoms with Crippen LogP contribution >= 0.6 is 0 Å². The summed E-state index contributed by atoms with van der Waals surface area (Å²) in [5.41, 5.74) is 10.6. The Labute approximate surface area is 79.6 Å². The van der Waals surface area contributed by atoms with Crippen LogP contribution in [0.25, 0.3) is 0 Å². The third kappa shape index (κ3) is 9.30. The first-order valence-electron chi connectivity index (χ1n) is 4.87. The second kappa shape index (κ2) is 9.48. The maximum absolute atomic E-state index is 11.0. The van der Waals surface area contributed by atoms with E-state index in [0.29, 0.717) is 26.1 Å². The quantitative estimate of drug-likeness (QED) is 0.427. The molecule has 0 fully saturated rings. The molecular weight excluding hydrogens is 168 g/mol. The predicted molar refractivity (Wildman–Crippen MR) is 52.2 cm³/mol. The van der Waals surface area contributed by atoms with Crippen LogP contribution < -0.4 is 11.5 Å². The SMILES string of the molecule is NCCCCCC(=O)OCCCN. The van der Waals surface area contributed by atoms with Crippen molar-refractivity contribution in [3.8, 4) is 0 Å². The Balaban J connectivity index is 3.11. The average molecular weight is 188 g/mol. The molecule has 4 N–H and O–H groups in total. The highest BCUT2D eigenvalue weighted by atomic mass is 16.5. The fourth-order valence-electron chi connectivity index (χ4n) is 0.932. The molecule has 0 aliphatic carbocycles. The summed E-state index contributed by atoms with van der Waals surface area (Å²) < 4.78 is 4.91. The molecule has 0 rings (SSSR count). The Hall–Kier alpha value is -0.610. The smallest absolute Gasteiger partial charge is 0.305 e. The summed E-state index contributed by atoms with van der Waals surface area (Å²) in [7, 11) is 0. The lowest BCUT2D eigenvalue weighted by atomic mass is 10.2. The van der Waals surface area contributed by atoms with E-state index in [9.17, 15) is 4.79 Å². The highest BCUT2D eigenvalue weighted by molar-refractivity contribution is 5.69. The zero-order valence-electron chi connectivity index (χ0n) is 8.13. The normalized spacial score (nSPS) is 10.0. The molecule has 0 aromatic carbocycles. The molecule has 0 aliphatic heterocycles. The van der Waals surface area contributed by atoms with E-state index in [1.54, 1.807) is 0 Å².